The SMILES string of the molecule is CCCNC(c1ccc(OC)c(OC)c1)C1CSCCO1. The largest absolute Gasteiger partial charge is 0.493 e. The lowest BCUT2D eigenvalue weighted by Crippen LogP contribution is -2.38. The Labute approximate surface area is 131 Å². The van der Waals surface area contributed by atoms with E-state index in [1.165, 1.54) is 5.56 Å². The number of hydrogen-bond acceptors (Lipinski definition) is 5. The van der Waals surface area contributed by atoms with E-state index in [-0.39, 0.29) is 12.1 Å². The first-order valence-electron chi connectivity index (χ1n) is 7.44. The molecule has 1 heterocycles. The predicted molar refractivity (Wildman–Crippen MR) is 87.6 cm³/mol. The molecule has 2 rings (SSSR count). The summed E-state index contributed by atoms with van der Waals surface area (Å²) in [6, 6.07) is 6.30. The van der Waals surface area contributed by atoms with Gasteiger partial charge in [-0.25, -0.2) is 0 Å². The van der Waals surface area contributed by atoms with Gasteiger partial charge in [-0.3, -0.25) is 0 Å². The summed E-state index contributed by atoms with van der Waals surface area (Å²) in [5, 5.41) is 3.61. The Balaban J connectivity index is 2.22. The number of benzene rings is 1. The lowest BCUT2D eigenvalue weighted by atomic mass is 10.0. The molecule has 1 aromatic carbocycles. The molecule has 0 spiro atoms. The van der Waals surface area contributed by atoms with Gasteiger partial charge in [-0.2, -0.15) is 11.8 Å². The maximum absolute atomic E-state index is 5.97. The van der Waals surface area contributed by atoms with Gasteiger partial charge in [-0.05, 0) is 30.7 Å². The molecule has 1 N–H and O–H groups in total. The van der Waals surface area contributed by atoms with E-state index in [1.807, 2.05) is 17.8 Å². The van der Waals surface area contributed by atoms with Crippen molar-refractivity contribution in [3.05, 3.63) is 23.8 Å². The molecule has 21 heavy (non-hydrogen) atoms. The molecule has 2 atom stereocenters. The molecule has 1 aromatic rings. The smallest absolute Gasteiger partial charge is 0.161 e. The van der Waals surface area contributed by atoms with Crippen molar-refractivity contribution >= 4 is 11.8 Å². The zero-order valence-corrected chi connectivity index (χ0v) is 13.9. The van der Waals surface area contributed by atoms with Gasteiger partial charge in [0.25, 0.3) is 0 Å². The van der Waals surface area contributed by atoms with Gasteiger partial charge in [-0.15, -0.1) is 0 Å². The molecule has 118 valence electrons. The van der Waals surface area contributed by atoms with Crippen molar-refractivity contribution in [2.75, 3.05) is 38.9 Å². The molecule has 0 bridgehead atoms. The van der Waals surface area contributed by atoms with Crippen molar-refractivity contribution in [3.8, 4) is 11.5 Å². The third kappa shape index (κ3) is 4.28. The molecular weight excluding hydrogens is 286 g/mol. The Morgan fingerprint density at radius 2 is 2.14 bits per heavy atom. The van der Waals surface area contributed by atoms with Crippen molar-refractivity contribution in [3.63, 3.8) is 0 Å². The highest BCUT2D eigenvalue weighted by atomic mass is 32.2. The zero-order chi connectivity index (χ0) is 15.1. The standard InChI is InChI=1S/C16H25NO3S/c1-4-7-17-16(15-11-21-9-8-20-15)12-5-6-13(18-2)14(10-12)19-3/h5-6,10,15-17H,4,7-9,11H2,1-3H3. The van der Waals surface area contributed by atoms with Crippen LogP contribution in [0.4, 0.5) is 0 Å². The van der Waals surface area contributed by atoms with Crippen LogP contribution in [0.3, 0.4) is 0 Å². The summed E-state index contributed by atoms with van der Waals surface area (Å²) < 4.78 is 16.7. The molecule has 1 aliphatic heterocycles. The molecule has 1 saturated heterocycles. The molecule has 1 aliphatic rings. The summed E-state index contributed by atoms with van der Waals surface area (Å²) in [5.41, 5.74) is 1.19. The Kier molecular flexibility index (Phi) is 6.67. The van der Waals surface area contributed by atoms with Crippen molar-refractivity contribution in [2.45, 2.75) is 25.5 Å². The summed E-state index contributed by atoms with van der Waals surface area (Å²) in [6.45, 7) is 3.98. The second-order valence-electron chi connectivity index (χ2n) is 5.03. The first-order chi connectivity index (χ1) is 10.3. The molecule has 0 amide bonds. The predicted octanol–water partition coefficient (Wildman–Crippen LogP) is 2.88. The average molecular weight is 311 g/mol. The van der Waals surface area contributed by atoms with Crippen LogP contribution in [-0.2, 0) is 4.74 Å². The molecular formula is C16H25NO3S. The fourth-order valence-electron chi connectivity index (χ4n) is 2.51. The number of nitrogens with one attached hydrogen (secondary N) is 1. The van der Waals surface area contributed by atoms with E-state index in [2.05, 4.69) is 24.4 Å². The van der Waals surface area contributed by atoms with Gasteiger partial charge in [0.2, 0.25) is 0 Å². The molecule has 5 heteroatoms. The van der Waals surface area contributed by atoms with E-state index in [4.69, 9.17) is 14.2 Å². The van der Waals surface area contributed by atoms with Crippen LogP contribution in [0.25, 0.3) is 0 Å². The summed E-state index contributed by atoms with van der Waals surface area (Å²) >= 11 is 1.96. The zero-order valence-electron chi connectivity index (χ0n) is 13.1. The topological polar surface area (TPSA) is 39.7 Å². The van der Waals surface area contributed by atoms with Gasteiger partial charge in [0.05, 0.1) is 33.0 Å². The van der Waals surface area contributed by atoms with Crippen molar-refractivity contribution in [1.29, 1.82) is 0 Å². The summed E-state index contributed by atoms with van der Waals surface area (Å²) in [5.74, 6) is 3.63. The Morgan fingerprint density at radius 3 is 2.76 bits per heavy atom. The van der Waals surface area contributed by atoms with Crippen molar-refractivity contribution < 1.29 is 14.2 Å². The third-order valence-corrected chi connectivity index (χ3v) is 4.61. The van der Waals surface area contributed by atoms with Crippen LogP contribution in [0, 0.1) is 0 Å². The maximum atomic E-state index is 5.97. The molecule has 0 radical (unpaired) electrons. The molecule has 0 saturated carbocycles. The van der Waals surface area contributed by atoms with E-state index in [0.29, 0.717) is 0 Å². The molecule has 4 nitrogen and oxygen atoms in total. The van der Waals surface area contributed by atoms with Crippen LogP contribution in [0.15, 0.2) is 18.2 Å². The summed E-state index contributed by atoms with van der Waals surface area (Å²) in [6.07, 6.45) is 1.30. The van der Waals surface area contributed by atoms with Gasteiger partial charge >= 0.3 is 0 Å². The molecule has 0 aliphatic carbocycles. The van der Waals surface area contributed by atoms with Crippen LogP contribution < -0.4 is 14.8 Å². The van der Waals surface area contributed by atoms with Crippen LogP contribution in [0.1, 0.15) is 24.9 Å². The van der Waals surface area contributed by atoms with Gasteiger partial charge < -0.3 is 19.5 Å². The molecule has 0 aromatic heterocycles. The Hall–Kier alpha value is -0.910. The molecule has 1 fully saturated rings. The van der Waals surface area contributed by atoms with E-state index >= 15 is 0 Å². The van der Waals surface area contributed by atoms with Gasteiger partial charge in [0, 0.05) is 11.5 Å². The highest BCUT2D eigenvalue weighted by Gasteiger charge is 2.26. The highest BCUT2D eigenvalue weighted by molar-refractivity contribution is 7.99. The lowest BCUT2D eigenvalue weighted by Gasteiger charge is -2.31. The van der Waals surface area contributed by atoms with Gasteiger partial charge in [0.1, 0.15) is 0 Å². The maximum Gasteiger partial charge on any atom is 0.161 e. The highest BCUT2D eigenvalue weighted by Crippen LogP contribution is 2.33. The Morgan fingerprint density at radius 1 is 1.33 bits per heavy atom. The monoisotopic (exact) mass is 311 g/mol. The minimum absolute atomic E-state index is 0.192. The minimum atomic E-state index is 0.192. The fourth-order valence-corrected chi connectivity index (χ4v) is 3.41. The average Bonchev–Trinajstić information content (AvgIpc) is 2.56. The van der Waals surface area contributed by atoms with E-state index < -0.39 is 0 Å². The number of ether oxygens (including phenoxy) is 3. The van der Waals surface area contributed by atoms with E-state index in [0.717, 1.165) is 42.6 Å². The first-order valence-corrected chi connectivity index (χ1v) is 8.60. The third-order valence-electron chi connectivity index (χ3n) is 3.59. The van der Waals surface area contributed by atoms with Crippen molar-refractivity contribution in [1.82, 2.24) is 5.32 Å². The normalized spacial score (nSPS) is 20.0. The van der Waals surface area contributed by atoms with E-state index in [9.17, 15) is 0 Å². The number of rotatable bonds is 7. The first kappa shape index (κ1) is 16.5. The molecule has 2 unspecified atom stereocenters. The lowest BCUT2D eigenvalue weighted by molar-refractivity contribution is 0.0467. The van der Waals surface area contributed by atoms with Crippen LogP contribution >= 0.6 is 11.8 Å². The second-order valence-corrected chi connectivity index (χ2v) is 6.18. The Bertz CT molecular complexity index is 436. The van der Waals surface area contributed by atoms with Gasteiger partial charge in [0.15, 0.2) is 11.5 Å². The van der Waals surface area contributed by atoms with E-state index in [1.54, 1.807) is 14.2 Å². The quantitative estimate of drug-likeness (QED) is 0.838. The van der Waals surface area contributed by atoms with Crippen LogP contribution in [0.2, 0.25) is 0 Å². The number of thioether (sulfide) groups is 1. The summed E-state index contributed by atoms with van der Waals surface area (Å²) in [4.78, 5) is 0. The fraction of sp³-hybridized carbons (Fsp3) is 0.625. The van der Waals surface area contributed by atoms with Crippen LogP contribution in [0.5, 0.6) is 11.5 Å². The van der Waals surface area contributed by atoms with Crippen LogP contribution in [-0.4, -0.2) is 45.0 Å². The second kappa shape index (κ2) is 8.51. The number of methoxy groups -OCH3 is 2. The van der Waals surface area contributed by atoms with Crippen molar-refractivity contribution in [2.24, 2.45) is 0 Å². The minimum Gasteiger partial charge on any atom is -0.493 e. The van der Waals surface area contributed by atoms with Gasteiger partial charge in [-0.1, -0.05) is 13.0 Å². The number of hydrogen-bond donors (Lipinski definition) is 1. The summed E-state index contributed by atoms with van der Waals surface area (Å²) in [7, 11) is 3.33.